The molecule has 0 aliphatic heterocycles. The molecule has 0 saturated heterocycles. The van der Waals surface area contributed by atoms with Gasteiger partial charge in [-0.1, -0.05) is 25.1 Å². The number of hydrogen-bond acceptors (Lipinski definition) is 4. The summed E-state index contributed by atoms with van der Waals surface area (Å²) in [6.45, 7) is 6.35. The SMILES string of the molecule is C=CC[C@@H](OCc1ccc(OC)cc1)[C@@H](CC)OCC(=O)N(C)C. The Bertz CT molecular complexity index is 499. The Labute approximate surface area is 145 Å². The zero-order valence-electron chi connectivity index (χ0n) is 15.2. The second-order valence-electron chi connectivity index (χ2n) is 5.77. The normalized spacial score (nSPS) is 13.2. The van der Waals surface area contributed by atoms with Crippen molar-refractivity contribution in [1.29, 1.82) is 0 Å². The van der Waals surface area contributed by atoms with E-state index in [0.29, 0.717) is 13.0 Å². The van der Waals surface area contributed by atoms with Crippen molar-refractivity contribution in [3.8, 4) is 5.75 Å². The molecule has 5 nitrogen and oxygen atoms in total. The van der Waals surface area contributed by atoms with E-state index >= 15 is 0 Å². The van der Waals surface area contributed by atoms with Gasteiger partial charge in [0.05, 0.1) is 25.9 Å². The van der Waals surface area contributed by atoms with Crippen LogP contribution < -0.4 is 4.74 Å². The van der Waals surface area contributed by atoms with Crippen LogP contribution in [0, 0.1) is 0 Å². The molecule has 1 rings (SSSR count). The molecule has 0 unspecified atom stereocenters. The van der Waals surface area contributed by atoms with Crippen molar-refractivity contribution in [3.05, 3.63) is 42.5 Å². The zero-order valence-corrected chi connectivity index (χ0v) is 15.2. The van der Waals surface area contributed by atoms with Gasteiger partial charge in [-0.3, -0.25) is 4.79 Å². The van der Waals surface area contributed by atoms with Gasteiger partial charge in [0.15, 0.2) is 0 Å². The fourth-order valence-corrected chi connectivity index (χ4v) is 2.21. The molecule has 2 atom stereocenters. The molecule has 1 aromatic carbocycles. The van der Waals surface area contributed by atoms with Crippen LogP contribution in [-0.2, 0) is 20.9 Å². The van der Waals surface area contributed by atoms with Gasteiger partial charge in [0.1, 0.15) is 12.4 Å². The molecule has 0 N–H and O–H groups in total. The summed E-state index contributed by atoms with van der Waals surface area (Å²) in [6.07, 6.45) is 2.97. The molecule has 0 radical (unpaired) electrons. The minimum absolute atomic E-state index is 0.0547. The van der Waals surface area contributed by atoms with Gasteiger partial charge < -0.3 is 19.1 Å². The van der Waals surface area contributed by atoms with Crippen molar-refractivity contribution in [1.82, 2.24) is 4.90 Å². The lowest BCUT2D eigenvalue weighted by atomic mass is 10.1. The predicted molar refractivity (Wildman–Crippen MR) is 95.1 cm³/mol. The molecular formula is C19H29NO4. The lowest BCUT2D eigenvalue weighted by molar-refractivity contribution is -0.140. The number of carbonyl (C=O) groups is 1. The molecule has 1 amide bonds. The van der Waals surface area contributed by atoms with Crippen LogP contribution in [0.15, 0.2) is 36.9 Å². The second-order valence-corrected chi connectivity index (χ2v) is 5.77. The first kappa shape index (κ1) is 20.2. The van der Waals surface area contributed by atoms with Gasteiger partial charge in [0.25, 0.3) is 0 Å². The Morgan fingerprint density at radius 1 is 1.21 bits per heavy atom. The van der Waals surface area contributed by atoms with Crippen molar-refractivity contribution < 1.29 is 19.0 Å². The Morgan fingerprint density at radius 2 is 1.88 bits per heavy atom. The number of rotatable bonds is 11. The van der Waals surface area contributed by atoms with E-state index in [9.17, 15) is 4.79 Å². The third-order valence-corrected chi connectivity index (χ3v) is 3.76. The molecule has 24 heavy (non-hydrogen) atoms. The average molecular weight is 335 g/mol. The first-order valence-corrected chi connectivity index (χ1v) is 8.19. The van der Waals surface area contributed by atoms with Gasteiger partial charge in [-0.25, -0.2) is 0 Å². The molecule has 134 valence electrons. The molecule has 1 aromatic rings. The zero-order chi connectivity index (χ0) is 17.9. The first-order chi connectivity index (χ1) is 11.5. The molecule has 0 aliphatic rings. The maximum Gasteiger partial charge on any atom is 0.248 e. The van der Waals surface area contributed by atoms with Gasteiger partial charge >= 0.3 is 0 Å². The summed E-state index contributed by atoms with van der Waals surface area (Å²) in [6, 6.07) is 7.76. The van der Waals surface area contributed by atoms with Gasteiger partial charge in [-0.05, 0) is 30.5 Å². The first-order valence-electron chi connectivity index (χ1n) is 8.19. The van der Waals surface area contributed by atoms with E-state index in [2.05, 4.69) is 6.58 Å². The van der Waals surface area contributed by atoms with Crippen LogP contribution in [0.25, 0.3) is 0 Å². The number of nitrogens with zero attached hydrogens (tertiary/aromatic N) is 1. The fraction of sp³-hybridized carbons (Fsp3) is 0.526. The van der Waals surface area contributed by atoms with Crippen molar-refractivity contribution in [2.75, 3.05) is 27.8 Å². The number of hydrogen-bond donors (Lipinski definition) is 0. The van der Waals surface area contributed by atoms with Gasteiger partial charge in [0, 0.05) is 14.1 Å². The van der Waals surface area contributed by atoms with E-state index in [1.807, 2.05) is 37.3 Å². The van der Waals surface area contributed by atoms with E-state index in [4.69, 9.17) is 14.2 Å². The lowest BCUT2D eigenvalue weighted by Crippen LogP contribution is -2.35. The van der Waals surface area contributed by atoms with Crippen LogP contribution in [0.2, 0.25) is 0 Å². The highest BCUT2D eigenvalue weighted by atomic mass is 16.5. The largest absolute Gasteiger partial charge is 0.497 e. The molecule has 0 aromatic heterocycles. The van der Waals surface area contributed by atoms with E-state index < -0.39 is 0 Å². The van der Waals surface area contributed by atoms with E-state index in [1.54, 1.807) is 21.2 Å². The van der Waals surface area contributed by atoms with Crippen LogP contribution in [0.4, 0.5) is 0 Å². The summed E-state index contributed by atoms with van der Waals surface area (Å²) in [5.74, 6) is 0.763. The van der Waals surface area contributed by atoms with Gasteiger partial charge in [0.2, 0.25) is 5.91 Å². The summed E-state index contributed by atoms with van der Waals surface area (Å²) in [4.78, 5) is 13.2. The van der Waals surface area contributed by atoms with E-state index in [-0.39, 0.29) is 24.7 Å². The standard InChI is InChI=1S/C19H29NO4/c1-6-8-18(17(7-2)24-14-19(21)20(3)4)23-13-15-9-11-16(22-5)12-10-15/h6,9-12,17-18H,1,7-8,13-14H2,2-5H3/t17-,18-/m1/s1. The number of methoxy groups -OCH3 is 1. The molecule has 0 fully saturated rings. The van der Waals surface area contributed by atoms with Crippen molar-refractivity contribution in [2.45, 2.75) is 38.6 Å². The molecule has 0 bridgehead atoms. The van der Waals surface area contributed by atoms with Crippen LogP contribution in [0.1, 0.15) is 25.3 Å². The van der Waals surface area contributed by atoms with E-state index in [1.165, 1.54) is 4.90 Å². The van der Waals surface area contributed by atoms with Crippen molar-refractivity contribution >= 4 is 5.91 Å². The molecule has 0 saturated carbocycles. The summed E-state index contributed by atoms with van der Waals surface area (Å²) >= 11 is 0. The molecule has 0 spiro atoms. The highest BCUT2D eigenvalue weighted by Gasteiger charge is 2.22. The van der Waals surface area contributed by atoms with Crippen molar-refractivity contribution in [3.63, 3.8) is 0 Å². The van der Waals surface area contributed by atoms with Crippen LogP contribution in [-0.4, -0.2) is 50.8 Å². The lowest BCUT2D eigenvalue weighted by Gasteiger charge is -2.26. The Morgan fingerprint density at radius 3 is 2.38 bits per heavy atom. The van der Waals surface area contributed by atoms with Crippen LogP contribution >= 0.6 is 0 Å². The van der Waals surface area contributed by atoms with Crippen LogP contribution in [0.3, 0.4) is 0 Å². The predicted octanol–water partition coefficient (Wildman–Crippen LogP) is 3.04. The number of benzene rings is 1. The highest BCUT2D eigenvalue weighted by molar-refractivity contribution is 5.76. The molecule has 0 heterocycles. The quantitative estimate of drug-likeness (QED) is 0.583. The topological polar surface area (TPSA) is 48.0 Å². The van der Waals surface area contributed by atoms with Gasteiger partial charge in [-0.15, -0.1) is 6.58 Å². The summed E-state index contributed by atoms with van der Waals surface area (Å²) in [5, 5.41) is 0. The average Bonchev–Trinajstić information content (AvgIpc) is 2.60. The third-order valence-electron chi connectivity index (χ3n) is 3.76. The maximum absolute atomic E-state index is 11.7. The monoisotopic (exact) mass is 335 g/mol. The number of amides is 1. The summed E-state index contributed by atoms with van der Waals surface area (Å²) < 4.78 is 16.9. The minimum atomic E-state index is -0.148. The number of ether oxygens (including phenoxy) is 3. The summed E-state index contributed by atoms with van der Waals surface area (Å²) in [5.41, 5.74) is 1.06. The highest BCUT2D eigenvalue weighted by Crippen LogP contribution is 2.17. The number of likely N-dealkylation sites (N-methyl/N-ethyl adjacent to an activating group) is 1. The molecule has 5 heteroatoms. The Hall–Kier alpha value is -1.85. The fourth-order valence-electron chi connectivity index (χ4n) is 2.21. The minimum Gasteiger partial charge on any atom is -0.497 e. The van der Waals surface area contributed by atoms with Gasteiger partial charge in [-0.2, -0.15) is 0 Å². The molecule has 0 aliphatic carbocycles. The molecular weight excluding hydrogens is 306 g/mol. The number of carbonyl (C=O) groups excluding carboxylic acids is 1. The smallest absolute Gasteiger partial charge is 0.248 e. The van der Waals surface area contributed by atoms with Crippen LogP contribution in [0.5, 0.6) is 5.75 Å². The van der Waals surface area contributed by atoms with E-state index in [0.717, 1.165) is 17.7 Å². The Balaban J connectivity index is 2.61. The second kappa shape index (κ2) is 10.8. The summed E-state index contributed by atoms with van der Waals surface area (Å²) in [7, 11) is 5.08. The van der Waals surface area contributed by atoms with Crippen molar-refractivity contribution in [2.24, 2.45) is 0 Å². The maximum atomic E-state index is 11.7. The Kier molecular flexibility index (Phi) is 9.12. The third kappa shape index (κ3) is 6.72.